The van der Waals surface area contributed by atoms with Crippen molar-refractivity contribution in [3.63, 3.8) is 0 Å². The Balaban J connectivity index is 1.62. The van der Waals surface area contributed by atoms with E-state index in [-0.39, 0.29) is 23.0 Å². The molecule has 0 aliphatic carbocycles. The summed E-state index contributed by atoms with van der Waals surface area (Å²) in [5.41, 5.74) is 2.11. The molecule has 0 bridgehead atoms. The first-order valence-electron chi connectivity index (χ1n) is 12.1. The van der Waals surface area contributed by atoms with Gasteiger partial charge in [0.25, 0.3) is 5.56 Å². The third-order valence-corrected chi connectivity index (χ3v) is 8.54. The molecule has 1 N–H and O–H groups in total. The maximum atomic E-state index is 13.3. The number of aryl methyl sites for hydroxylation is 2. The third-order valence-electron chi connectivity index (χ3n) is 6.50. The van der Waals surface area contributed by atoms with E-state index < -0.39 is 15.9 Å². The van der Waals surface area contributed by atoms with Gasteiger partial charge < -0.3 is 5.32 Å². The molecule has 1 aromatic carbocycles. The normalized spacial score (nSPS) is 15.5. The number of rotatable bonds is 6. The molecule has 0 radical (unpaired) electrons. The van der Waals surface area contributed by atoms with Gasteiger partial charge in [-0.2, -0.15) is 9.40 Å². The van der Waals surface area contributed by atoms with Crippen molar-refractivity contribution in [1.29, 1.82) is 0 Å². The number of fused-ring (bicyclic) bond motifs is 1. The number of sulfonamides is 1. The van der Waals surface area contributed by atoms with Crippen molar-refractivity contribution >= 4 is 32.7 Å². The van der Waals surface area contributed by atoms with E-state index in [4.69, 9.17) is 0 Å². The second-order valence-corrected chi connectivity index (χ2v) is 11.4. The summed E-state index contributed by atoms with van der Waals surface area (Å²) in [6, 6.07) is 6.40. The van der Waals surface area contributed by atoms with Gasteiger partial charge in [-0.1, -0.05) is 18.9 Å². The molecule has 9 nitrogen and oxygen atoms in total. The smallest absolute Gasteiger partial charge is 0.252 e. The zero-order valence-corrected chi connectivity index (χ0v) is 21.6. The maximum absolute atomic E-state index is 13.3. The van der Waals surface area contributed by atoms with Crippen LogP contribution in [-0.4, -0.2) is 46.1 Å². The quantitative estimate of drug-likeness (QED) is 0.558. The number of carbonyl (C=O) groups excluding carboxylic acids is 1. The van der Waals surface area contributed by atoms with Gasteiger partial charge in [-0.05, 0) is 63.8 Å². The van der Waals surface area contributed by atoms with E-state index in [1.54, 1.807) is 34.2 Å². The SMILES string of the molecule is Cc1ccc(NC(=O)Cn2c(=O)cc(C)c3cnn(C(C)C)c32)cc1S(=O)(=O)N1CCCCCC1. The number of hydrogen-bond acceptors (Lipinski definition) is 5. The number of nitrogens with zero attached hydrogens (tertiary/aromatic N) is 4. The van der Waals surface area contributed by atoms with Gasteiger partial charge in [0.1, 0.15) is 12.2 Å². The summed E-state index contributed by atoms with van der Waals surface area (Å²) in [6.07, 6.45) is 5.46. The molecule has 3 aromatic rings. The van der Waals surface area contributed by atoms with Gasteiger partial charge in [0, 0.05) is 36.3 Å². The van der Waals surface area contributed by atoms with Crippen molar-refractivity contribution in [1.82, 2.24) is 18.7 Å². The summed E-state index contributed by atoms with van der Waals surface area (Å²) in [4.78, 5) is 26.0. The fourth-order valence-corrected chi connectivity index (χ4v) is 6.37. The van der Waals surface area contributed by atoms with Gasteiger partial charge in [-0.15, -0.1) is 0 Å². The highest BCUT2D eigenvalue weighted by Gasteiger charge is 2.27. The summed E-state index contributed by atoms with van der Waals surface area (Å²) in [7, 11) is -3.67. The van der Waals surface area contributed by atoms with Crippen molar-refractivity contribution < 1.29 is 13.2 Å². The summed E-state index contributed by atoms with van der Waals surface area (Å²) in [6.45, 7) is 8.33. The average Bonchev–Trinajstić information content (AvgIpc) is 3.05. The van der Waals surface area contributed by atoms with Crippen LogP contribution in [0.25, 0.3) is 11.0 Å². The summed E-state index contributed by atoms with van der Waals surface area (Å²) in [5, 5.41) is 8.00. The molecular formula is C25H33N5O4S. The lowest BCUT2D eigenvalue weighted by molar-refractivity contribution is -0.116. The summed E-state index contributed by atoms with van der Waals surface area (Å²) < 4.78 is 31.4. The van der Waals surface area contributed by atoms with Crippen LogP contribution < -0.4 is 10.9 Å². The molecule has 1 amide bonds. The largest absolute Gasteiger partial charge is 0.324 e. The second kappa shape index (κ2) is 9.94. The van der Waals surface area contributed by atoms with Crippen molar-refractivity contribution in [2.45, 2.75) is 70.9 Å². The Bertz CT molecular complexity index is 1410. The molecule has 1 saturated heterocycles. The number of benzene rings is 1. The highest BCUT2D eigenvalue weighted by Crippen LogP contribution is 2.26. The molecule has 1 fully saturated rings. The fourth-order valence-electron chi connectivity index (χ4n) is 4.60. The topological polar surface area (TPSA) is 106 Å². The summed E-state index contributed by atoms with van der Waals surface area (Å²) >= 11 is 0. The Morgan fingerprint density at radius 3 is 2.40 bits per heavy atom. The molecule has 35 heavy (non-hydrogen) atoms. The monoisotopic (exact) mass is 499 g/mol. The molecule has 0 saturated carbocycles. The van der Waals surface area contributed by atoms with E-state index >= 15 is 0 Å². The van der Waals surface area contributed by atoms with Crippen LogP contribution in [0.15, 0.2) is 40.2 Å². The number of amides is 1. The predicted octanol–water partition coefficient (Wildman–Crippen LogP) is 3.60. The lowest BCUT2D eigenvalue weighted by Crippen LogP contribution is -2.32. The fraction of sp³-hybridized carbons (Fsp3) is 0.480. The minimum Gasteiger partial charge on any atom is -0.324 e. The van der Waals surface area contributed by atoms with E-state index in [0.29, 0.717) is 30.0 Å². The number of pyridine rings is 1. The maximum Gasteiger partial charge on any atom is 0.252 e. The Labute approximate surface area is 205 Å². The van der Waals surface area contributed by atoms with Gasteiger partial charge >= 0.3 is 0 Å². The van der Waals surface area contributed by atoms with Crippen LogP contribution in [0, 0.1) is 13.8 Å². The minimum absolute atomic E-state index is 0.00635. The minimum atomic E-state index is -3.67. The molecule has 188 valence electrons. The van der Waals surface area contributed by atoms with Crippen LogP contribution >= 0.6 is 0 Å². The Hall–Kier alpha value is -2.98. The highest BCUT2D eigenvalue weighted by atomic mass is 32.2. The average molecular weight is 500 g/mol. The highest BCUT2D eigenvalue weighted by molar-refractivity contribution is 7.89. The zero-order valence-electron chi connectivity index (χ0n) is 20.7. The van der Waals surface area contributed by atoms with Crippen LogP contribution in [0.4, 0.5) is 5.69 Å². The number of aromatic nitrogens is 3. The molecule has 0 unspecified atom stereocenters. The van der Waals surface area contributed by atoms with Crippen molar-refractivity contribution in [2.75, 3.05) is 18.4 Å². The molecule has 10 heteroatoms. The van der Waals surface area contributed by atoms with Crippen LogP contribution in [0.2, 0.25) is 0 Å². The van der Waals surface area contributed by atoms with Gasteiger partial charge in [-0.3, -0.25) is 14.2 Å². The van der Waals surface area contributed by atoms with Crippen LogP contribution in [0.5, 0.6) is 0 Å². The zero-order chi connectivity index (χ0) is 25.3. The van der Waals surface area contributed by atoms with Gasteiger partial charge in [0.2, 0.25) is 15.9 Å². The molecule has 3 heterocycles. The lowest BCUT2D eigenvalue weighted by atomic mass is 10.2. The van der Waals surface area contributed by atoms with Gasteiger partial charge in [0.05, 0.1) is 11.1 Å². The Morgan fingerprint density at radius 1 is 1.06 bits per heavy atom. The number of nitrogens with one attached hydrogen (secondary N) is 1. The van der Waals surface area contributed by atoms with Gasteiger partial charge in [0.15, 0.2) is 0 Å². The third kappa shape index (κ3) is 5.04. The molecule has 0 atom stereocenters. The number of hydrogen-bond donors (Lipinski definition) is 1. The molecule has 2 aromatic heterocycles. The molecule has 1 aliphatic rings. The van der Waals surface area contributed by atoms with Gasteiger partial charge in [-0.25, -0.2) is 13.1 Å². The first kappa shape index (κ1) is 25.1. The molecule has 4 rings (SSSR count). The van der Waals surface area contributed by atoms with Crippen LogP contribution in [0.1, 0.15) is 56.7 Å². The van der Waals surface area contributed by atoms with Crippen molar-refractivity contribution in [3.05, 3.63) is 51.9 Å². The summed E-state index contributed by atoms with van der Waals surface area (Å²) in [5.74, 6) is -0.421. The predicted molar refractivity (Wildman–Crippen MR) is 136 cm³/mol. The van der Waals surface area contributed by atoms with E-state index in [0.717, 1.165) is 36.6 Å². The standard InChI is InChI=1S/C25H33N5O4S/c1-17(2)30-25-21(15-26-30)19(4)13-24(32)29(25)16-23(31)27-20-10-9-18(3)22(14-20)35(33,34)28-11-7-5-6-8-12-28/h9-10,13-15,17H,5-8,11-12,16H2,1-4H3,(H,27,31). The first-order chi connectivity index (χ1) is 16.6. The first-order valence-corrected chi connectivity index (χ1v) is 13.5. The van der Waals surface area contributed by atoms with E-state index in [9.17, 15) is 18.0 Å². The molecular weight excluding hydrogens is 466 g/mol. The van der Waals surface area contributed by atoms with Crippen molar-refractivity contribution in [2.24, 2.45) is 0 Å². The molecule has 0 spiro atoms. The van der Waals surface area contributed by atoms with Crippen molar-refractivity contribution in [3.8, 4) is 0 Å². The van der Waals surface area contributed by atoms with Crippen LogP contribution in [-0.2, 0) is 21.4 Å². The van der Waals surface area contributed by atoms with E-state index in [1.807, 2.05) is 20.8 Å². The molecule has 1 aliphatic heterocycles. The second-order valence-electron chi connectivity index (χ2n) is 9.52. The Morgan fingerprint density at radius 2 is 1.74 bits per heavy atom. The van der Waals surface area contributed by atoms with E-state index in [2.05, 4.69) is 10.4 Å². The number of anilines is 1. The lowest BCUT2D eigenvalue weighted by Gasteiger charge is -2.21. The van der Waals surface area contributed by atoms with E-state index in [1.165, 1.54) is 16.7 Å². The van der Waals surface area contributed by atoms with Crippen LogP contribution in [0.3, 0.4) is 0 Å². The number of carbonyl (C=O) groups is 1. The Kier molecular flexibility index (Phi) is 7.14.